The van der Waals surface area contributed by atoms with Gasteiger partial charge < -0.3 is 9.47 Å². The minimum absolute atomic E-state index is 0.195. The normalized spacial score (nSPS) is 12.3. The highest BCUT2D eigenvalue weighted by atomic mass is 33.5. The number of hydrogen-bond donors (Lipinski definition) is 0. The van der Waals surface area contributed by atoms with Crippen LogP contribution in [0.1, 0.15) is 27.7 Å². The predicted molar refractivity (Wildman–Crippen MR) is 85.2 cm³/mol. The maximum Gasteiger partial charge on any atom is 0.213 e. The van der Waals surface area contributed by atoms with E-state index >= 15 is 0 Å². The summed E-state index contributed by atoms with van der Waals surface area (Å²) in [5, 5.41) is 0. The van der Waals surface area contributed by atoms with Crippen molar-refractivity contribution in [2.45, 2.75) is 33.3 Å². The summed E-state index contributed by atoms with van der Waals surface area (Å²) in [6.07, 6.45) is 0. The summed E-state index contributed by atoms with van der Waals surface area (Å²) in [5.41, 5.74) is -0.195. The van der Waals surface area contributed by atoms with E-state index in [1.807, 2.05) is 36.6 Å². The molecule has 0 rings (SSSR count). The fourth-order valence-corrected chi connectivity index (χ4v) is 15.2. The van der Waals surface area contributed by atoms with Crippen LogP contribution in [0.2, 0.25) is 0 Å². The van der Waals surface area contributed by atoms with Gasteiger partial charge in [-0.1, -0.05) is 25.7 Å². The van der Waals surface area contributed by atoms with E-state index in [0.29, 0.717) is 13.2 Å². The molecule has 0 N–H and O–H groups in total. The summed E-state index contributed by atoms with van der Waals surface area (Å²) in [6, 6.07) is 0. The minimum atomic E-state index is -1.50. The van der Waals surface area contributed by atoms with Crippen LogP contribution in [0.3, 0.4) is 0 Å². The first kappa shape index (κ1) is 17.6. The largest absolute Gasteiger partial charge is 0.344 e. The standard InChI is InChI=1S/C9H21O2PS4/c1-5-10-9(11-6-2)16-12(13,14-7-3)15-8-4/h9H,5-8H2,1-4H3. The molecule has 0 aromatic rings. The second-order valence-electron chi connectivity index (χ2n) is 2.59. The van der Waals surface area contributed by atoms with E-state index in [4.69, 9.17) is 21.3 Å². The van der Waals surface area contributed by atoms with Crippen LogP contribution in [-0.4, -0.2) is 30.3 Å². The lowest BCUT2D eigenvalue weighted by Gasteiger charge is -2.24. The molecular weight excluding hydrogens is 299 g/mol. The number of hydrogen-bond acceptors (Lipinski definition) is 6. The molecule has 0 aromatic heterocycles. The minimum Gasteiger partial charge on any atom is -0.344 e. The molecule has 0 amide bonds. The van der Waals surface area contributed by atoms with Gasteiger partial charge in [0.25, 0.3) is 0 Å². The van der Waals surface area contributed by atoms with E-state index in [1.54, 1.807) is 11.4 Å². The van der Waals surface area contributed by atoms with Crippen molar-refractivity contribution in [3.63, 3.8) is 0 Å². The first-order chi connectivity index (χ1) is 7.61. The molecule has 0 spiro atoms. The van der Waals surface area contributed by atoms with Gasteiger partial charge in [-0.05, 0) is 36.7 Å². The van der Waals surface area contributed by atoms with Crippen molar-refractivity contribution in [1.82, 2.24) is 0 Å². The lowest BCUT2D eigenvalue weighted by molar-refractivity contribution is -0.0727. The third-order valence-corrected chi connectivity index (χ3v) is 16.0. The van der Waals surface area contributed by atoms with E-state index in [-0.39, 0.29) is 5.62 Å². The molecule has 2 nitrogen and oxygen atoms in total. The zero-order valence-corrected chi connectivity index (χ0v) is 14.5. The Balaban J connectivity index is 4.36. The van der Waals surface area contributed by atoms with Crippen LogP contribution >= 0.6 is 37.8 Å². The van der Waals surface area contributed by atoms with Crippen LogP contribution in [0.4, 0.5) is 0 Å². The van der Waals surface area contributed by atoms with Gasteiger partial charge in [-0.3, -0.25) is 0 Å². The zero-order chi connectivity index (χ0) is 12.4. The topological polar surface area (TPSA) is 18.5 Å². The van der Waals surface area contributed by atoms with Crippen LogP contribution in [0.25, 0.3) is 0 Å². The molecule has 0 aromatic carbocycles. The van der Waals surface area contributed by atoms with Gasteiger partial charge in [0.1, 0.15) is 3.64 Å². The van der Waals surface area contributed by atoms with Gasteiger partial charge in [0.05, 0.1) is 0 Å². The fraction of sp³-hybridized carbons (Fsp3) is 1.00. The lowest BCUT2D eigenvalue weighted by Crippen LogP contribution is -2.12. The first-order valence-electron chi connectivity index (χ1n) is 5.42. The van der Waals surface area contributed by atoms with Gasteiger partial charge in [-0.15, -0.1) is 22.8 Å². The number of ether oxygens (including phenoxy) is 2. The molecule has 7 heteroatoms. The molecule has 0 heterocycles. The van der Waals surface area contributed by atoms with E-state index in [9.17, 15) is 0 Å². The zero-order valence-electron chi connectivity index (χ0n) is 10.3. The van der Waals surface area contributed by atoms with Crippen molar-refractivity contribution in [3.05, 3.63) is 0 Å². The monoisotopic (exact) mass is 320 g/mol. The van der Waals surface area contributed by atoms with Crippen molar-refractivity contribution in [3.8, 4) is 0 Å². The molecule has 0 aliphatic carbocycles. The third kappa shape index (κ3) is 7.85. The summed E-state index contributed by atoms with van der Waals surface area (Å²) in [6.45, 7) is 9.60. The van der Waals surface area contributed by atoms with Crippen molar-refractivity contribution in [1.29, 1.82) is 0 Å². The van der Waals surface area contributed by atoms with Gasteiger partial charge in [0.15, 0.2) is 0 Å². The molecule has 0 atom stereocenters. The van der Waals surface area contributed by atoms with Crippen molar-refractivity contribution in [2.24, 2.45) is 0 Å². The first-order valence-corrected chi connectivity index (χ1v) is 12.9. The fourth-order valence-electron chi connectivity index (χ4n) is 0.901. The molecule has 0 bridgehead atoms. The average Bonchev–Trinajstić information content (AvgIpc) is 2.18. The molecule has 0 saturated heterocycles. The van der Waals surface area contributed by atoms with E-state index in [1.165, 1.54) is 0 Å². The quantitative estimate of drug-likeness (QED) is 0.422. The average molecular weight is 321 g/mol. The molecule has 98 valence electrons. The van der Waals surface area contributed by atoms with Gasteiger partial charge >= 0.3 is 0 Å². The number of rotatable bonds is 10. The van der Waals surface area contributed by atoms with Gasteiger partial charge in [0.2, 0.25) is 5.62 Å². The van der Waals surface area contributed by atoms with E-state index < -0.39 is 3.64 Å². The van der Waals surface area contributed by atoms with Crippen LogP contribution in [0.15, 0.2) is 0 Å². The summed E-state index contributed by atoms with van der Waals surface area (Å²) < 4.78 is 9.59. The molecule has 16 heavy (non-hydrogen) atoms. The Kier molecular flexibility index (Phi) is 11.6. The highest BCUT2D eigenvalue weighted by Crippen LogP contribution is 2.79. The highest BCUT2D eigenvalue weighted by molar-refractivity contribution is 9.23. The molecule has 0 saturated carbocycles. The summed E-state index contributed by atoms with van der Waals surface area (Å²) in [5.74, 6) is 2.12. The Morgan fingerprint density at radius 1 is 1.00 bits per heavy atom. The molecule has 0 aliphatic heterocycles. The smallest absolute Gasteiger partial charge is 0.213 e. The summed E-state index contributed by atoms with van der Waals surface area (Å²) in [7, 11) is 0. The van der Waals surface area contributed by atoms with Crippen molar-refractivity contribution in [2.75, 3.05) is 24.7 Å². The Hall–Kier alpha value is 1.62. The summed E-state index contributed by atoms with van der Waals surface area (Å²) in [4.78, 5) is 0. The van der Waals surface area contributed by atoms with Crippen molar-refractivity contribution >= 4 is 49.6 Å². The van der Waals surface area contributed by atoms with Gasteiger partial charge in [-0.25, -0.2) is 0 Å². The Morgan fingerprint density at radius 2 is 1.44 bits per heavy atom. The predicted octanol–water partition coefficient (Wildman–Crippen LogP) is 4.81. The van der Waals surface area contributed by atoms with Gasteiger partial charge in [-0.2, -0.15) is 0 Å². The second kappa shape index (κ2) is 10.5. The van der Waals surface area contributed by atoms with Crippen molar-refractivity contribution < 1.29 is 9.47 Å². The third-order valence-electron chi connectivity index (χ3n) is 1.40. The summed E-state index contributed by atoms with van der Waals surface area (Å²) >= 11 is 11.2. The molecule has 0 fully saturated rings. The SMILES string of the molecule is CCOC(OCC)SP(=S)(SCC)SCC. The Morgan fingerprint density at radius 3 is 1.75 bits per heavy atom. The maximum absolute atomic E-state index is 5.74. The maximum atomic E-state index is 5.74. The van der Waals surface area contributed by atoms with Gasteiger partial charge in [0, 0.05) is 13.2 Å². The molecule has 0 unspecified atom stereocenters. The van der Waals surface area contributed by atoms with Crippen LogP contribution in [0.5, 0.6) is 0 Å². The van der Waals surface area contributed by atoms with Crippen LogP contribution < -0.4 is 0 Å². The highest BCUT2D eigenvalue weighted by Gasteiger charge is 2.24. The lowest BCUT2D eigenvalue weighted by atomic mass is 10.9. The van der Waals surface area contributed by atoms with E-state index in [0.717, 1.165) is 11.5 Å². The molecule has 0 radical (unpaired) electrons. The Bertz CT molecular complexity index is 200. The van der Waals surface area contributed by atoms with E-state index in [2.05, 4.69) is 13.8 Å². The van der Waals surface area contributed by atoms with Crippen LogP contribution in [-0.2, 0) is 21.3 Å². The molecular formula is C9H21O2PS4. The second-order valence-corrected chi connectivity index (χ2v) is 18.7. The van der Waals surface area contributed by atoms with Crippen LogP contribution in [0, 0.1) is 0 Å². The Labute approximate surface area is 117 Å². The molecule has 0 aliphatic rings.